The van der Waals surface area contributed by atoms with Gasteiger partial charge in [-0.05, 0) is 34.1 Å². The SMILES string of the molecule is Cn1ccnc1CCNC(=O)c1cc(N)ccc1Br. The van der Waals surface area contributed by atoms with Crippen molar-refractivity contribution in [3.8, 4) is 0 Å². The van der Waals surface area contributed by atoms with Gasteiger partial charge in [-0.2, -0.15) is 0 Å². The number of anilines is 1. The van der Waals surface area contributed by atoms with E-state index in [9.17, 15) is 4.79 Å². The Hall–Kier alpha value is -1.82. The Kier molecular flexibility index (Phi) is 4.21. The van der Waals surface area contributed by atoms with E-state index in [4.69, 9.17) is 5.73 Å². The molecule has 0 fully saturated rings. The fourth-order valence-corrected chi connectivity index (χ4v) is 2.16. The Morgan fingerprint density at radius 3 is 3.00 bits per heavy atom. The molecule has 0 aliphatic carbocycles. The van der Waals surface area contributed by atoms with Gasteiger partial charge in [0.1, 0.15) is 5.82 Å². The van der Waals surface area contributed by atoms with Crippen molar-refractivity contribution in [2.24, 2.45) is 7.05 Å². The van der Waals surface area contributed by atoms with Crippen LogP contribution in [0.1, 0.15) is 16.2 Å². The van der Waals surface area contributed by atoms with Gasteiger partial charge in [-0.1, -0.05) is 0 Å². The number of carbonyl (C=O) groups is 1. The molecule has 5 nitrogen and oxygen atoms in total. The van der Waals surface area contributed by atoms with Crippen LogP contribution in [-0.2, 0) is 13.5 Å². The molecule has 2 rings (SSSR count). The molecule has 1 amide bonds. The number of hydrogen-bond acceptors (Lipinski definition) is 3. The number of aryl methyl sites for hydroxylation is 1. The van der Waals surface area contributed by atoms with Crippen LogP contribution in [0.25, 0.3) is 0 Å². The van der Waals surface area contributed by atoms with Crippen LogP contribution in [0, 0.1) is 0 Å². The van der Waals surface area contributed by atoms with Gasteiger partial charge >= 0.3 is 0 Å². The Bertz CT molecular complexity index is 594. The summed E-state index contributed by atoms with van der Waals surface area (Å²) in [5.41, 5.74) is 6.79. The summed E-state index contributed by atoms with van der Waals surface area (Å²) >= 11 is 3.34. The molecule has 0 saturated carbocycles. The van der Waals surface area contributed by atoms with E-state index in [2.05, 4.69) is 26.2 Å². The normalized spacial score (nSPS) is 10.4. The van der Waals surface area contributed by atoms with Crippen LogP contribution in [0.4, 0.5) is 5.69 Å². The van der Waals surface area contributed by atoms with Crippen LogP contribution in [0.5, 0.6) is 0 Å². The number of carbonyl (C=O) groups excluding carboxylic acids is 1. The Morgan fingerprint density at radius 1 is 1.53 bits per heavy atom. The zero-order valence-electron chi connectivity index (χ0n) is 10.6. The quantitative estimate of drug-likeness (QED) is 0.842. The molecule has 100 valence electrons. The zero-order chi connectivity index (χ0) is 13.8. The number of rotatable bonds is 4. The van der Waals surface area contributed by atoms with Crippen LogP contribution in [0.2, 0.25) is 0 Å². The number of nitrogens with zero attached hydrogens (tertiary/aromatic N) is 2. The lowest BCUT2D eigenvalue weighted by Crippen LogP contribution is -2.26. The van der Waals surface area contributed by atoms with E-state index >= 15 is 0 Å². The molecule has 1 heterocycles. The molecule has 0 aliphatic rings. The van der Waals surface area contributed by atoms with Crippen molar-refractivity contribution >= 4 is 27.5 Å². The zero-order valence-corrected chi connectivity index (χ0v) is 12.1. The fraction of sp³-hybridized carbons (Fsp3) is 0.231. The number of nitrogen functional groups attached to an aromatic ring is 1. The van der Waals surface area contributed by atoms with Gasteiger partial charge in [0.05, 0.1) is 5.56 Å². The first-order valence-electron chi connectivity index (χ1n) is 5.87. The first-order valence-corrected chi connectivity index (χ1v) is 6.66. The van der Waals surface area contributed by atoms with Crippen molar-refractivity contribution in [1.82, 2.24) is 14.9 Å². The summed E-state index contributed by atoms with van der Waals surface area (Å²) in [6, 6.07) is 5.16. The molecule has 0 atom stereocenters. The Morgan fingerprint density at radius 2 is 2.32 bits per heavy atom. The van der Waals surface area contributed by atoms with Gasteiger partial charge in [0.15, 0.2) is 0 Å². The predicted molar refractivity (Wildman–Crippen MR) is 77.8 cm³/mol. The Balaban J connectivity index is 1.94. The number of nitrogens with two attached hydrogens (primary N) is 1. The molecule has 6 heteroatoms. The average Bonchev–Trinajstić information content (AvgIpc) is 2.78. The molecular formula is C13H15BrN4O. The number of hydrogen-bond donors (Lipinski definition) is 2. The third-order valence-electron chi connectivity index (χ3n) is 2.79. The second-order valence-electron chi connectivity index (χ2n) is 4.20. The summed E-state index contributed by atoms with van der Waals surface area (Å²) in [6.45, 7) is 0.533. The number of nitrogens with one attached hydrogen (secondary N) is 1. The molecule has 0 spiro atoms. The van der Waals surface area contributed by atoms with Gasteiger partial charge in [-0.3, -0.25) is 4.79 Å². The number of amides is 1. The van der Waals surface area contributed by atoms with E-state index in [-0.39, 0.29) is 5.91 Å². The lowest BCUT2D eigenvalue weighted by atomic mass is 10.2. The highest BCUT2D eigenvalue weighted by molar-refractivity contribution is 9.10. The minimum Gasteiger partial charge on any atom is -0.399 e. The van der Waals surface area contributed by atoms with Crippen molar-refractivity contribution < 1.29 is 4.79 Å². The molecule has 0 radical (unpaired) electrons. The summed E-state index contributed by atoms with van der Waals surface area (Å²) in [5, 5.41) is 2.85. The lowest BCUT2D eigenvalue weighted by Gasteiger charge is -2.07. The number of benzene rings is 1. The van der Waals surface area contributed by atoms with Crippen LogP contribution < -0.4 is 11.1 Å². The van der Waals surface area contributed by atoms with Crippen molar-refractivity contribution in [3.63, 3.8) is 0 Å². The van der Waals surface area contributed by atoms with Crippen molar-refractivity contribution in [3.05, 3.63) is 46.5 Å². The summed E-state index contributed by atoms with van der Waals surface area (Å²) < 4.78 is 2.67. The van der Waals surface area contributed by atoms with Crippen LogP contribution in [-0.4, -0.2) is 22.0 Å². The highest BCUT2D eigenvalue weighted by atomic mass is 79.9. The summed E-state index contributed by atoms with van der Waals surface area (Å²) in [4.78, 5) is 16.2. The first kappa shape index (κ1) is 13.6. The molecule has 1 aromatic carbocycles. The van der Waals surface area contributed by atoms with E-state index in [0.717, 1.165) is 10.3 Å². The van der Waals surface area contributed by atoms with Crippen LogP contribution >= 0.6 is 15.9 Å². The van der Waals surface area contributed by atoms with E-state index in [1.54, 1.807) is 24.4 Å². The molecule has 0 saturated heterocycles. The molecule has 3 N–H and O–H groups in total. The highest BCUT2D eigenvalue weighted by Gasteiger charge is 2.10. The monoisotopic (exact) mass is 322 g/mol. The average molecular weight is 323 g/mol. The molecule has 0 unspecified atom stereocenters. The summed E-state index contributed by atoms with van der Waals surface area (Å²) in [7, 11) is 1.93. The largest absolute Gasteiger partial charge is 0.399 e. The molecular weight excluding hydrogens is 308 g/mol. The number of halogens is 1. The van der Waals surface area contributed by atoms with Crippen LogP contribution in [0.15, 0.2) is 35.1 Å². The Labute approximate surface area is 120 Å². The van der Waals surface area contributed by atoms with E-state index in [0.29, 0.717) is 24.2 Å². The second kappa shape index (κ2) is 5.88. The van der Waals surface area contributed by atoms with Crippen molar-refractivity contribution in [2.75, 3.05) is 12.3 Å². The maximum Gasteiger partial charge on any atom is 0.252 e. The van der Waals surface area contributed by atoms with Gasteiger partial charge < -0.3 is 15.6 Å². The first-order chi connectivity index (χ1) is 9.08. The van der Waals surface area contributed by atoms with E-state index in [1.807, 2.05) is 17.8 Å². The molecule has 1 aromatic heterocycles. The van der Waals surface area contributed by atoms with Crippen molar-refractivity contribution in [1.29, 1.82) is 0 Å². The van der Waals surface area contributed by atoms with Gasteiger partial charge in [-0.25, -0.2) is 4.98 Å². The molecule has 0 bridgehead atoms. The van der Waals surface area contributed by atoms with Gasteiger partial charge in [-0.15, -0.1) is 0 Å². The highest BCUT2D eigenvalue weighted by Crippen LogP contribution is 2.19. The minimum absolute atomic E-state index is 0.145. The number of imidazole rings is 1. The van der Waals surface area contributed by atoms with Gasteiger partial charge in [0, 0.05) is 42.6 Å². The van der Waals surface area contributed by atoms with Gasteiger partial charge in [0.2, 0.25) is 0 Å². The lowest BCUT2D eigenvalue weighted by molar-refractivity contribution is 0.0953. The smallest absolute Gasteiger partial charge is 0.252 e. The van der Waals surface area contributed by atoms with Crippen LogP contribution in [0.3, 0.4) is 0 Å². The second-order valence-corrected chi connectivity index (χ2v) is 5.05. The molecule has 2 aromatic rings. The molecule has 0 aliphatic heterocycles. The maximum absolute atomic E-state index is 12.0. The standard InChI is InChI=1S/C13H15BrN4O/c1-18-7-6-16-12(18)4-5-17-13(19)10-8-9(15)2-3-11(10)14/h2-3,6-8H,4-5,15H2,1H3,(H,17,19). The maximum atomic E-state index is 12.0. The van der Waals surface area contributed by atoms with Gasteiger partial charge in [0.25, 0.3) is 5.91 Å². The fourth-order valence-electron chi connectivity index (χ4n) is 1.74. The topological polar surface area (TPSA) is 72.9 Å². The third kappa shape index (κ3) is 3.35. The third-order valence-corrected chi connectivity index (χ3v) is 3.48. The number of aromatic nitrogens is 2. The molecule has 19 heavy (non-hydrogen) atoms. The minimum atomic E-state index is -0.145. The van der Waals surface area contributed by atoms with E-state index in [1.165, 1.54) is 0 Å². The van der Waals surface area contributed by atoms with E-state index < -0.39 is 0 Å². The summed E-state index contributed by atoms with van der Waals surface area (Å²) in [6.07, 6.45) is 4.31. The van der Waals surface area contributed by atoms with Crippen molar-refractivity contribution in [2.45, 2.75) is 6.42 Å². The summed E-state index contributed by atoms with van der Waals surface area (Å²) in [5.74, 6) is 0.792. The predicted octanol–water partition coefficient (Wildman–Crippen LogP) is 1.74.